The molecule has 312 valence electrons. The fourth-order valence-electron chi connectivity index (χ4n) is 6.68. The lowest BCUT2D eigenvalue weighted by Crippen LogP contribution is -2.67. The SMILES string of the molecule is CC(=O)O[C@@H]1[C@@H](OC(C)=O)[C@H](C)O[C@@H](OCc2ccccc2)[C@@H]1O[C@@H]1O[C@@H](C)[C@H](OC(C)=O)[C@@H](O[C@@H]2O[C@@H](C)[C@H](OC(C)=O)[C@@H](O)[C@H]2OC(C)=O)[C@H]1OC(C)=O. The van der Waals surface area contributed by atoms with Crippen LogP contribution in [0.1, 0.15) is 67.9 Å². The Labute approximate surface area is 323 Å². The van der Waals surface area contributed by atoms with E-state index in [2.05, 4.69) is 0 Å². The van der Waals surface area contributed by atoms with Gasteiger partial charge in [0.15, 0.2) is 61.6 Å². The van der Waals surface area contributed by atoms with Gasteiger partial charge in [-0.25, -0.2) is 0 Å². The van der Waals surface area contributed by atoms with Crippen molar-refractivity contribution in [3.8, 4) is 0 Å². The van der Waals surface area contributed by atoms with Crippen molar-refractivity contribution in [3.63, 3.8) is 0 Å². The Balaban J connectivity index is 1.78. The van der Waals surface area contributed by atoms with Crippen molar-refractivity contribution < 1.29 is 90.7 Å². The van der Waals surface area contributed by atoms with Gasteiger partial charge in [-0.05, 0) is 26.3 Å². The molecule has 0 spiro atoms. The van der Waals surface area contributed by atoms with Crippen LogP contribution in [0, 0.1) is 0 Å². The highest BCUT2D eigenvalue weighted by atomic mass is 16.8. The van der Waals surface area contributed by atoms with Crippen molar-refractivity contribution in [1.29, 1.82) is 0 Å². The van der Waals surface area contributed by atoms with Crippen LogP contribution in [0.2, 0.25) is 0 Å². The number of carbonyl (C=O) groups is 6. The van der Waals surface area contributed by atoms with E-state index in [-0.39, 0.29) is 6.61 Å². The van der Waals surface area contributed by atoms with Crippen LogP contribution in [0.25, 0.3) is 0 Å². The maximum Gasteiger partial charge on any atom is 0.303 e. The molecule has 56 heavy (non-hydrogen) atoms. The zero-order valence-corrected chi connectivity index (χ0v) is 32.5. The molecule has 3 aliphatic rings. The number of carbonyl (C=O) groups excluding carboxylic acids is 6. The molecule has 19 nitrogen and oxygen atoms in total. The van der Waals surface area contributed by atoms with E-state index in [9.17, 15) is 33.9 Å². The van der Waals surface area contributed by atoms with E-state index in [1.165, 1.54) is 13.8 Å². The van der Waals surface area contributed by atoms with Crippen molar-refractivity contribution >= 4 is 35.8 Å². The van der Waals surface area contributed by atoms with Gasteiger partial charge in [-0.2, -0.15) is 0 Å². The van der Waals surface area contributed by atoms with E-state index in [0.29, 0.717) is 0 Å². The maximum atomic E-state index is 12.7. The predicted octanol–water partition coefficient (Wildman–Crippen LogP) is 1.16. The second kappa shape index (κ2) is 19.8. The molecule has 19 heteroatoms. The third kappa shape index (κ3) is 11.7. The van der Waals surface area contributed by atoms with Crippen LogP contribution in [0.5, 0.6) is 0 Å². The Morgan fingerprint density at radius 1 is 0.482 bits per heavy atom. The molecule has 0 amide bonds. The Hall–Kier alpha value is -4.24. The summed E-state index contributed by atoms with van der Waals surface area (Å²) in [4.78, 5) is 74.0. The fraction of sp³-hybridized carbons (Fsp3) is 0.676. The molecule has 15 atom stereocenters. The first kappa shape index (κ1) is 44.5. The summed E-state index contributed by atoms with van der Waals surface area (Å²) in [5.74, 6) is -4.75. The normalized spacial score (nSPS) is 35.6. The first-order valence-electron chi connectivity index (χ1n) is 18.0. The first-order chi connectivity index (χ1) is 26.4. The van der Waals surface area contributed by atoms with Crippen molar-refractivity contribution in [2.24, 2.45) is 0 Å². The predicted molar refractivity (Wildman–Crippen MR) is 183 cm³/mol. The molecular formula is C37H50O19. The minimum Gasteiger partial charge on any atom is -0.457 e. The number of aliphatic hydroxyl groups excluding tert-OH is 1. The van der Waals surface area contributed by atoms with Gasteiger partial charge in [-0.3, -0.25) is 28.8 Å². The van der Waals surface area contributed by atoms with Gasteiger partial charge >= 0.3 is 35.8 Å². The van der Waals surface area contributed by atoms with E-state index in [0.717, 1.165) is 47.1 Å². The summed E-state index contributed by atoms with van der Waals surface area (Å²) in [7, 11) is 0. The Kier molecular flexibility index (Phi) is 15.7. The Morgan fingerprint density at radius 2 is 0.857 bits per heavy atom. The fourth-order valence-corrected chi connectivity index (χ4v) is 6.68. The molecule has 4 rings (SSSR count). The summed E-state index contributed by atoms with van der Waals surface area (Å²) < 4.78 is 70.5. The van der Waals surface area contributed by atoms with Crippen LogP contribution in [0.15, 0.2) is 30.3 Å². The number of benzene rings is 1. The van der Waals surface area contributed by atoms with Crippen molar-refractivity contribution in [2.45, 2.75) is 161 Å². The monoisotopic (exact) mass is 798 g/mol. The molecular weight excluding hydrogens is 748 g/mol. The molecule has 1 aromatic rings. The Morgan fingerprint density at radius 3 is 1.38 bits per heavy atom. The third-order valence-corrected chi connectivity index (χ3v) is 8.86. The van der Waals surface area contributed by atoms with E-state index in [1.807, 2.05) is 6.07 Å². The molecule has 1 aromatic carbocycles. The van der Waals surface area contributed by atoms with Gasteiger partial charge in [0, 0.05) is 41.5 Å². The van der Waals surface area contributed by atoms with Gasteiger partial charge < -0.3 is 61.9 Å². The summed E-state index contributed by atoms with van der Waals surface area (Å²) >= 11 is 0. The van der Waals surface area contributed by atoms with E-state index >= 15 is 0 Å². The molecule has 3 aliphatic heterocycles. The molecule has 3 saturated heterocycles. The van der Waals surface area contributed by atoms with Gasteiger partial charge in [-0.15, -0.1) is 0 Å². The zero-order chi connectivity index (χ0) is 41.4. The molecule has 3 fully saturated rings. The second-order valence-electron chi connectivity index (χ2n) is 13.6. The van der Waals surface area contributed by atoms with Crippen LogP contribution in [-0.4, -0.2) is 133 Å². The number of aliphatic hydroxyl groups is 1. The molecule has 0 aromatic heterocycles. The van der Waals surface area contributed by atoms with E-state index < -0.39 is 128 Å². The highest BCUT2D eigenvalue weighted by Gasteiger charge is 2.58. The van der Waals surface area contributed by atoms with Crippen LogP contribution < -0.4 is 0 Å². The highest BCUT2D eigenvalue weighted by molar-refractivity contribution is 5.68. The van der Waals surface area contributed by atoms with E-state index in [4.69, 9.17) is 56.8 Å². The topological polar surface area (TPSA) is 233 Å². The number of hydrogen-bond donors (Lipinski definition) is 1. The summed E-state index contributed by atoms with van der Waals surface area (Å²) in [6, 6.07) is 9.02. The number of rotatable bonds is 13. The molecule has 3 heterocycles. The Bertz CT molecular complexity index is 1540. The lowest BCUT2D eigenvalue weighted by molar-refractivity contribution is -0.381. The number of ether oxygens (including phenoxy) is 12. The smallest absolute Gasteiger partial charge is 0.303 e. The van der Waals surface area contributed by atoms with Crippen LogP contribution in [0.4, 0.5) is 0 Å². The lowest BCUT2D eigenvalue weighted by atomic mass is 9.96. The van der Waals surface area contributed by atoms with Gasteiger partial charge in [0.05, 0.1) is 24.9 Å². The summed E-state index contributed by atoms with van der Waals surface area (Å²) in [6.45, 7) is 11.2. The molecule has 0 aliphatic carbocycles. The van der Waals surface area contributed by atoms with Crippen molar-refractivity contribution in [3.05, 3.63) is 35.9 Å². The van der Waals surface area contributed by atoms with E-state index in [1.54, 1.807) is 31.2 Å². The minimum atomic E-state index is -1.67. The second-order valence-corrected chi connectivity index (χ2v) is 13.6. The molecule has 0 bridgehead atoms. The van der Waals surface area contributed by atoms with Crippen LogP contribution in [0.3, 0.4) is 0 Å². The molecule has 1 N–H and O–H groups in total. The molecule has 0 saturated carbocycles. The third-order valence-electron chi connectivity index (χ3n) is 8.86. The lowest BCUT2D eigenvalue weighted by Gasteiger charge is -2.49. The van der Waals surface area contributed by atoms with Gasteiger partial charge in [-0.1, -0.05) is 30.3 Å². The van der Waals surface area contributed by atoms with Gasteiger partial charge in [0.2, 0.25) is 0 Å². The van der Waals surface area contributed by atoms with Crippen molar-refractivity contribution in [2.75, 3.05) is 0 Å². The largest absolute Gasteiger partial charge is 0.457 e. The molecule has 0 unspecified atom stereocenters. The summed E-state index contributed by atoms with van der Waals surface area (Å²) in [5.41, 5.74) is 0.744. The summed E-state index contributed by atoms with van der Waals surface area (Å²) in [6.07, 6.45) is -20.9. The van der Waals surface area contributed by atoms with Crippen LogP contribution >= 0.6 is 0 Å². The minimum absolute atomic E-state index is 0.00984. The quantitative estimate of drug-likeness (QED) is 0.218. The average Bonchev–Trinajstić information content (AvgIpc) is 3.09. The van der Waals surface area contributed by atoms with Gasteiger partial charge in [0.25, 0.3) is 0 Å². The standard InChI is InChI=1S/C37H50O19/c1-16-27(49-19(4)38)26(44)30(52-22(7)41)36(47-16)55-32-29(51-21(6)40)18(3)48-37(34(32)54-24(9)43)56-33-31(53-23(8)42)28(50-20(5)39)17(2)46-35(33)45-15-25-13-11-10-12-14-25/h10-14,16-18,26-37,44H,15H2,1-9H3/t16-,17-,18-,26+,27-,28-,29-,30+,31+,32+,33+,34+,35+,36-,37-/m0/s1. The maximum absolute atomic E-state index is 12.7. The van der Waals surface area contributed by atoms with Crippen LogP contribution in [-0.2, 0) is 92.2 Å². The number of esters is 6. The molecule has 0 radical (unpaired) electrons. The average molecular weight is 799 g/mol. The zero-order valence-electron chi connectivity index (χ0n) is 32.5. The highest BCUT2D eigenvalue weighted by Crippen LogP contribution is 2.37. The summed E-state index contributed by atoms with van der Waals surface area (Å²) in [5, 5.41) is 11.3. The first-order valence-corrected chi connectivity index (χ1v) is 18.0. The van der Waals surface area contributed by atoms with Crippen molar-refractivity contribution in [1.82, 2.24) is 0 Å². The number of hydrogen-bond acceptors (Lipinski definition) is 19. The van der Waals surface area contributed by atoms with Gasteiger partial charge in [0.1, 0.15) is 12.2 Å².